The summed E-state index contributed by atoms with van der Waals surface area (Å²) in [6.45, 7) is 1.77. The van der Waals surface area contributed by atoms with E-state index in [-0.39, 0.29) is 18.5 Å². The molecule has 1 fully saturated rings. The topological polar surface area (TPSA) is 55.4 Å². The Morgan fingerprint density at radius 2 is 1.85 bits per heavy atom. The Kier molecular flexibility index (Phi) is 5.16. The molecule has 4 nitrogen and oxygen atoms in total. The summed E-state index contributed by atoms with van der Waals surface area (Å²) in [4.78, 5) is 23.2. The van der Waals surface area contributed by atoms with E-state index in [9.17, 15) is 9.59 Å². The predicted molar refractivity (Wildman–Crippen MR) is 77.3 cm³/mol. The Morgan fingerprint density at radius 1 is 1.20 bits per heavy atom. The van der Waals surface area contributed by atoms with Crippen LogP contribution in [0, 0.1) is 12.8 Å². The van der Waals surface area contributed by atoms with Gasteiger partial charge in [-0.25, -0.2) is 0 Å². The summed E-state index contributed by atoms with van der Waals surface area (Å²) in [6.07, 6.45) is 5.05. The molecule has 1 N–H and O–H groups in total. The van der Waals surface area contributed by atoms with Crippen LogP contribution in [0.5, 0.6) is 0 Å². The third-order valence-corrected chi connectivity index (χ3v) is 3.63. The van der Waals surface area contributed by atoms with Crippen LogP contribution in [-0.4, -0.2) is 18.5 Å². The van der Waals surface area contributed by atoms with Crippen molar-refractivity contribution in [1.29, 1.82) is 0 Å². The van der Waals surface area contributed by atoms with Gasteiger partial charge < -0.3 is 10.1 Å². The molecule has 0 bridgehead atoms. The molecule has 0 unspecified atom stereocenters. The number of anilines is 1. The van der Waals surface area contributed by atoms with Gasteiger partial charge in [0, 0.05) is 12.1 Å². The van der Waals surface area contributed by atoms with Crippen molar-refractivity contribution < 1.29 is 14.3 Å². The van der Waals surface area contributed by atoms with Gasteiger partial charge in [0.25, 0.3) is 5.91 Å². The number of rotatable bonds is 5. The lowest BCUT2D eigenvalue weighted by atomic mass is 10.1. The fourth-order valence-corrected chi connectivity index (χ4v) is 2.49. The van der Waals surface area contributed by atoms with Crippen LogP contribution in [0.25, 0.3) is 0 Å². The predicted octanol–water partition coefficient (Wildman–Crippen LogP) is 3.06. The Balaban J connectivity index is 1.69. The molecule has 1 aliphatic rings. The van der Waals surface area contributed by atoms with Gasteiger partial charge in [0.2, 0.25) is 0 Å². The van der Waals surface area contributed by atoms with Crippen LogP contribution in [0.4, 0.5) is 5.69 Å². The molecule has 1 amide bonds. The first-order valence-electron chi connectivity index (χ1n) is 7.15. The van der Waals surface area contributed by atoms with Crippen molar-refractivity contribution in [1.82, 2.24) is 0 Å². The average Bonchev–Trinajstić information content (AvgIpc) is 2.92. The Bertz CT molecular complexity index is 461. The minimum absolute atomic E-state index is 0.209. The first kappa shape index (κ1) is 14.6. The van der Waals surface area contributed by atoms with Crippen molar-refractivity contribution in [2.75, 3.05) is 11.9 Å². The molecule has 0 radical (unpaired) electrons. The van der Waals surface area contributed by atoms with E-state index in [1.54, 1.807) is 0 Å². The summed E-state index contributed by atoms with van der Waals surface area (Å²) in [5.41, 5.74) is 1.85. The van der Waals surface area contributed by atoms with Crippen LogP contribution in [0.3, 0.4) is 0 Å². The van der Waals surface area contributed by atoms with Crippen LogP contribution in [-0.2, 0) is 14.3 Å². The van der Waals surface area contributed by atoms with Crippen LogP contribution in [0.2, 0.25) is 0 Å². The molecule has 0 aliphatic heterocycles. The Hall–Kier alpha value is -1.84. The minimum Gasteiger partial charge on any atom is -0.456 e. The van der Waals surface area contributed by atoms with Crippen LogP contribution >= 0.6 is 0 Å². The fourth-order valence-electron chi connectivity index (χ4n) is 2.49. The number of aryl methyl sites for hydroxylation is 1. The van der Waals surface area contributed by atoms with Gasteiger partial charge in [-0.1, -0.05) is 30.5 Å². The maximum Gasteiger partial charge on any atom is 0.306 e. The molecule has 1 aromatic carbocycles. The molecule has 1 aliphatic carbocycles. The summed E-state index contributed by atoms with van der Waals surface area (Å²) in [6, 6.07) is 7.49. The van der Waals surface area contributed by atoms with Crippen molar-refractivity contribution in [3.05, 3.63) is 29.8 Å². The highest BCUT2D eigenvalue weighted by atomic mass is 16.5. The van der Waals surface area contributed by atoms with Crippen LogP contribution < -0.4 is 5.32 Å². The lowest BCUT2D eigenvalue weighted by Gasteiger charge is -2.09. The Labute approximate surface area is 119 Å². The molecule has 0 heterocycles. The van der Waals surface area contributed by atoms with Gasteiger partial charge in [-0.3, -0.25) is 9.59 Å². The third-order valence-electron chi connectivity index (χ3n) is 3.63. The van der Waals surface area contributed by atoms with E-state index < -0.39 is 0 Å². The molecular weight excluding hydrogens is 254 g/mol. The quantitative estimate of drug-likeness (QED) is 0.840. The van der Waals surface area contributed by atoms with Gasteiger partial charge in [0.1, 0.15) is 0 Å². The second kappa shape index (κ2) is 7.08. The molecule has 4 heteroatoms. The van der Waals surface area contributed by atoms with Gasteiger partial charge in [0.05, 0.1) is 0 Å². The van der Waals surface area contributed by atoms with E-state index in [1.165, 1.54) is 12.8 Å². The highest BCUT2D eigenvalue weighted by Gasteiger charge is 2.19. The molecule has 0 spiro atoms. The highest BCUT2D eigenvalue weighted by Crippen LogP contribution is 2.27. The number of hydrogen-bond acceptors (Lipinski definition) is 3. The summed E-state index contributed by atoms with van der Waals surface area (Å²) in [5.74, 6) is -0.118. The van der Waals surface area contributed by atoms with Crippen LogP contribution in [0.15, 0.2) is 24.3 Å². The smallest absolute Gasteiger partial charge is 0.306 e. The zero-order valence-corrected chi connectivity index (χ0v) is 11.9. The van der Waals surface area contributed by atoms with Crippen molar-refractivity contribution in [2.24, 2.45) is 5.92 Å². The monoisotopic (exact) mass is 275 g/mol. The molecule has 108 valence electrons. The number of carbonyl (C=O) groups is 2. The number of ether oxygens (including phenoxy) is 1. The van der Waals surface area contributed by atoms with E-state index in [0.29, 0.717) is 18.0 Å². The molecule has 2 rings (SSSR count). The largest absolute Gasteiger partial charge is 0.456 e. The first-order valence-corrected chi connectivity index (χ1v) is 7.15. The molecular formula is C16H21NO3. The molecule has 20 heavy (non-hydrogen) atoms. The normalized spacial score (nSPS) is 15.1. The van der Waals surface area contributed by atoms with E-state index in [4.69, 9.17) is 4.74 Å². The third kappa shape index (κ3) is 4.68. The first-order chi connectivity index (χ1) is 9.63. The number of esters is 1. The second-order valence-corrected chi connectivity index (χ2v) is 5.43. The average molecular weight is 275 g/mol. The van der Waals surface area contributed by atoms with Gasteiger partial charge in [0.15, 0.2) is 6.61 Å². The maximum atomic E-state index is 11.7. The lowest BCUT2D eigenvalue weighted by Crippen LogP contribution is -2.21. The van der Waals surface area contributed by atoms with E-state index in [1.807, 2.05) is 31.2 Å². The van der Waals surface area contributed by atoms with Crippen molar-refractivity contribution in [3.63, 3.8) is 0 Å². The van der Waals surface area contributed by atoms with E-state index in [2.05, 4.69) is 5.32 Å². The van der Waals surface area contributed by atoms with Crippen LogP contribution in [0.1, 0.15) is 37.7 Å². The maximum absolute atomic E-state index is 11.7. The number of nitrogens with one attached hydrogen (secondary N) is 1. The molecule has 1 aromatic rings. The minimum atomic E-state index is -0.298. The van der Waals surface area contributed by atoms with Gasteiger partial charge in [-0.2, -0.15) is 0 Å². The Morgan fingerprint density at radius 3 is 2.50 bits per heavy atom. The van der Waals surface area contributed by atoms with Gasteiger partial charge in [-0.15, -0.1) is 0 Å². The number of amides is 1. The molecule has 1 saturated carbocycles. The molecule has 0 atom stereocenters. The van der Waals surface area contributed by atoms with Gasteiger partial charge >= 0.3 is 5.97 Å². The number of carbonyl (C=O) groups excluding carboxylic acids is 2. The second-order valence-electron chi connectivity index (χ2n) is 5.43. The summed E-state index contributed by atoms with van der Waals surface area (Å²) in [7, 11) is 0. The zero-order valence-electron chi connectivity index (χ0n) is 11.9. The van der Waals surface area contributed by atoms with Crippen molar-refractivity contribution in [3.8, 4) is 0 Å². The zero-order chi connectivity index (χ0) is 14.4. The van der Waals surface area contributed by atoms with Gasteiger partial charge in [-0.05, 0) is 37.8 Å². The standard InChI is InChI=1S/C16H21NO3/c1-12-6-8-14(9-7-12)17-15(18)11-20-16(19)10-13-4-2-3-5-13/h6-9,13H,2-5,10-11H2,1H3,(H,17,18). The molecule has 0 aromatic heterocycles. The van der Waals surface area contributed by atoms with E-state index in [0.717, 1.165) is 18.4 Å². The summed E-state index contributed by atoms with van der Waals surface area (Å²) >= 11 is 0. The fraction of sp³-hybridized carbons (Fsp3) is 0.500. The number of benzene rings is 1. The highest BCUT2D eigenvalue weighted by molar-refractivity contribution is 5.92. The summed E-state index contributed by atoms with van der Waals surface area (Å²) < 4.78 is 5.01. The van der Waals surface area contributed by atoms with Crippen molar-refractivity contribution >= 4 is 17.6 Å². The SMILES string of the molecule is Cc1ccc(NC(=O)COC(=O)CC2CCCC2)cc1. The van der Waals surface area contributed by atoms with E-state index >= 15 is 0 Å². The van der Waals surface area contributed by atoms with Crippen molar-refractivity contribution in [2.45, 2.75) is 39.0 Å². The number of hydrogen-bond donors (Lipinski definition) is 1. The summed E-state index contributed by atoms with van der Waals surface area (Å²) in [5, 5.41) is 2.70. The lowest BCUT2D eigenvalue weighted by molar-refractivity contribution is -0.148. The molecule has 0 saturated heterocycles.